The maximum atomic E-state index is 12.0. The van der Waals surface area contributed by atoms with Crippen LogP contribution in [-0.4, -0.2) is 27.4 Å². The molecule has 0 aliphatic heterocycles. The van der Waals surface area contributed by atoms with Gasteiger partial charge in [-0.05, 0) is 19.3 Å². The second-order valence-corrected chi connectivity index (χ2v) is 5.71. The minimum atomic E-state index is 0.0199. The molecule has 0 radical (unpaired) electrons. The number of carbonyl (C=O) groups excluding carboxylic acids is 1. The van der Waals surface area contributed by atoms with E-state index < -0.39 is 0 Å². The standard InChI is InChI=1S/C15H25N3O2/c1-12-11-14(18(17-12)9-10-19)16-15(20)8-7-13-5-3-2-4-6-13/h11,13,19H,2-10H2,1H3,(H,16,20). The normalized spacial score (nSPS) is 16.3. The molecule has 0 unspecified atom stereocenters. The Morgan fingerprint density at radius 2 is 2.20 bits per heavy atom. The van der Waals surface area contributed by atoms with Crippen molar-refractivity contribution < 1.29 is 9.90 Å². The molecule has 5 nitrogen and oxygen atoms in total. The molecule has 2 rings (SSSR count). The Morgan fingerprint density at radius 1 is 1.45 bits per heavy atom. The number of nitrogens with zero attached hydrogens (tertiary/aromatic N) is 2. The van der Waals surface area contributed by atoms with Gasteiger partial charge >= 0.3 is 0 Å². The molecule has 112 valence electrons. The lowest BCUT2D eigenvalue weighted by atomic mass is 9.86. The summed E-state index contributed by atoms with van der Waals surface area (Å²) in [6.07, 6.45) is 8.09. The number of carbonyl (C=O) groups is 1. The first-order valence-electron chi connectivity index (χ1n) is 7.64. The van der Waals surface area contributed by atoms with Crippen molar-refractivity contribution in [1.29, 1.82) is 0 Å². The molecule has 1 amide bonds. The van der Waals surface area contributed by atoms with E-state index in [1.165, 1.54) is 32.1 Å². The van der Waals surface area contributed by atoms with Crippen LogP contribution in [-0.2, 0) is 11.3 Å². The van der Waals surface area contributed by atoms with E-state index in [0.717, 1.165) is 18.0 Å². The molecule has 1 aliphatic rings. The number of hydrogen-bond acceptors (Lipinski definition) is 3. The molecule has 0 spiro atoms. The van der Waals surface area contributed by atoms with Crippen LogP contribution in [0.3, 0.4) is 0 Å². The van der Waals surface area contributed by atoms with Crippen molar-refractivity contribution in [3.8, 4) is 0 Å². The van der Waals surface area contributed by atoms with E-state index in [1.807, 2.05) is 13.0 Å². The Hall–Kier alpha value is -1.36. The number of aromatic nitrogens is 2. The molecule has 1 aromatic rings. The molecule has 1 fully saturated rings. The summed E-state index contributed by atoms with van der Waals surface area (Å²) in [5.41, 5.74) is 0.848. The molecular weight excluding hydrogens is 254 g/mol. The molecule has 0 bridgehead atoms. The van der Waals surface area contributed by atoms with Crippen LogP contribution in [0, 0.1) is 12.8 Å². The Kier molecular flexibility index (Phi) is 5.59. The molecular formula is C15H25N3O2. The van der Waals surface area contributed by atoms with E-state index in [4.69, 9.17) is 5.11 Å². The van der Waals surface area contributed by atoms with E-state index >= 15 is 0 Å². The summed E-state index contributed by atoms with van der Waals surface area (Å²) in [5.74, 6) is 1.46. The highest BCUT2D eigenvalue weighted by atomic mass is 16.3. The quantitative estimate of drug-likeness (QED) is 0.840. The van der Waals surface area contributed by atoms with Gasteiger partial charge in [0.05, 0.1) is 18.8 Å². The van der Waals surface area contributed by atoms with Gasteiger partial charge in [0.15, 0.2) is 0 Å². The van der Waals surface area contributed by atoms with Gasteiger partial charge in [-0.1, -0.05) is 32.1 Å². The number of aliphatic hydroxyl groups excluding tert-OH is 1. The monoisotopic (exact) mass is 279 g/mol. The minimum absolute atomic E-state index is 0.0199. The Labute approximate surface area is 120 Å². The molecule has 1 aromatic heterocycles. The van der Waals surface area contributed by atoms with Crippen molar-refractivity contribution in [3.63, 3.8) is 0 Å². The van der Waals surface area contributed by atoms with Gasteiger partial charge in [-0.3, -0.25) is 4.79 Å². The highest BCUT2D eigenvalue weighted by Crippen LogP contribution is 2.27. The van der Waals surface area contributed by atoms with Crippen molar-refractivity contribution in [2.24, 2.45) is 5.92 Å². The molecule has 5 heteroatoms. The SMILES string of the molecule is Cc1cc(NC(=O)CCC2CCCCC2)n(CCO)n1. The molecule has 0 aromatic carbocycles. The third kappa shape index (κ3) is 4.34. The number of aryl methyl sites for hydroxylation is 1. The van der Waals surface area contributed by atoms with Crippen LogP contribution in [0.4, 0.5) is 5.82 Å². The topological polar surface area (TPSA) is 67.2 Å². The Morgan fingerprint density at radius 3 is 2.90 bits per heavy atom. The van der Waals surface area contributed by atoms with Gasteiger partial charge in [-0.2, -0.15) is 5.10 Å². The highest BCUT2D eigenvalue weighted by Gasteiger charge is 2.15. The maximum Gasteiger partial charge on any atom is 0.225 e. The Balaban J connectivity index is 1.81. The zero-order chi connectivity index (χ0) is 14.4. The molecule has 1 heterocycles. The van der Waals surface area contributed by atoms with Crippen molar-refractivity contribution in [2.75, 3.05) is 11.9 Å². The van der Waals surface area contributed by atoms with Gasteiger partial charge < -0.3 is 10.4 Å². The number of amides is 1. The lowest BCUT2D eigenvalue weighted by Crippen LogP contribution is -2.18. The molecule has 2 N–H and O–H groups in total. The predicted octanol–water partition coefficient (Wildman–Crippen LogP) is 2.48. The van der Waals surface area contributed by atoms with Gasteiger partial charge in [0.1, 0.15) is 5.82 Å². The van der Waals surface area contributed by atoms with Crippen molar-refractivity contribution >= 4 is 11.7 Å². The number of rotatable bonds is 6. The number of aliphatic hydroxyl groups is 1. The first-order chi connectivity index (χ1) is 9.69. The van der Waals surface area contributed by atoms with Crippen molar-refractivity contribution in [2.45, 2.75) is 58.4 Å². The first kappa shape index (κ1) is 15.0. The van der Waals surface area contributed by atoms with Crippen LogP contribution in [0.1, 0.15) is 50.6 Å². The van der Waals surface area contributed by atoms with Crippen LogP contribution in [0.2, 0.25) is 0 Å². The van der Waals surface area contributed by atoms with Crippen LogP contribution in [0.25, 0.3) is 0 Å². The molecule has 0 saturated heterocycles. The fraction of sp³-hybridized carbons (Fsp3) is 0.733. The van der Waals surface area contributed by atoms with E-state index in [2.05, 4.69) is 10.4 Å². The minimum Gasteiger partial charge on any atom is -0.394 e. The lowest BCUT2D eigenvalue weighted by molar-refractivity contribution is -0.116. The number of hydrogen-bond donors (Lipinski definition) is 2. The van der Waals surface area contributed by atoms with E-state index in [-0.39, 0.29) is 12.5 Å². The lowest BCUT2D eigenvalue weighted by Gasteiger charge is -2.21. The van der Waals surface area contributed by atoms with Crippen LogP contribution in [0.15, 0.2) is 6.07 Å². The number of nitrogens with one attached hydrogen (secondary N) is 1. The summed E-state index contributed by atoms with van der Waals surface area (Å²) >= 11 is 0. The summed E-state index contributed by atoms with van der Waals surface area (Å²) in [6, 6.07) is 1.84. The highest BCUT2D eigenvalue weighted by molar-refractivity contribution is 5.89. The first-order valence-corrected chi connectivity index (χ1v) is 7.64. The zero-order valence-corrected chi connectivity index (χ0v) is 12.3. The fourth-order valence-electron chi connectivity index (χ4n) is 2.93. The second-order valence-electron chi connectivity index (χ2n) is 5.71. The van der Waals surface area contributed by atoms with E-state index in [1.54, 1.807) is 4.68 Å². The summed E-state index contributed by atoms with van der Waals surface area (Å²) in [5, 5.41) is 16.1. The third-order valence-electron chi connectivity index (χ3n) is 3.99. The smallest absolute Gasteiger partial charge is 0.225 e. The molecule has 1 saturated carbocycles. The Bertz CT molecular complexity index is 436. The van der Waals surface area contributed by atoms with E-state index in [0.29, 0.717) is 18.8 Å². The third-order valence-corrected chi connectivity index (χ3v) is 3.99. The second kappa shape index (κ2) is 7.43. The van der Waals surface area contributed by atoms with Crippen molar-refractivity contribution in [1.82, 2.24) is 9.78 Å². The fourth-order valence-corrected chi connectivity index (χ4v) is 2.93. The van der Waals surface area contributed by atoms with Crippen LogP contribution in [0.5, 0.6) is 0 Å². The largest absolute Gasteiger partial charge is 0.394 e. The maximum absolute atomic E-state index is 12.0. The predicted molar refractivity (Wildman–Crippen MR) is 78.5 cm³/mol. The summed E-state index contributed by atoms with van der Waals surface area (Å²) in [7, 11) is 0. The van der Waals surface area contributed by atoms with Crippen LogP contribution < -0.4 is 5.32 Å². The van der Waals surface area contributed by atoms with Gasteiger partial charge in [0.25, 0.3) is 0 Å². The molecule has 20 heavy (non-hydrogen) atoms. The van der Waals surface area contributed by atoms with Gasteiger partial charge in [-0.15, -0.1) is 0 Å². The summed E-state index contributed by atoms with van der Waals surface area (Å²) in [4.78, 5) is 12.0. The van der Waals surface area contributed by atoms with Gasteiger partial charge in [0, 0.05) is 12.5 Å². The molecule has 0 atom stereocenters. The van der Waals surface area contributed by atoms with Gasteiger partial charge in [-0.25, -0.2) is 4.68 Å². The van der Waals surface area contributed by atoms with Crippen LogP contribution >= 0.6 is 0 Å². The average molecular weight is 279 g/mol. The molecule has 1 aliphatic carbocycles. The average Bonchev–Trinajstić information content (AvgIpc) is 2.78. The van der Waals surface area contributed by atoms with Gasteiger partial charge in [0.2, 0.25) is 5.91 Å². The van der Waals surface area contributed by atoms with E-state index in [9.17, 15) is 4.79 Å². The summed E-state index contributed by atoms with van der Waals surface area (Å²) in [6.45, 7) is 2.31. The zero-order valence-electron chi connectivity index (χ0n) is 12.3. The summed E-state index contributed by atoms with van der Waals surface area (Å²) < 4.78 is 1.65. The number of anilines is 1. The van der Waals surface area contributed by atoms with Crippen molar-refractivity contribution in [3.05, 3.63) is 11.8 Å².